The maximum absolute atomic E-state index is 3.70. The monoisotopic (exact) mass is 118 g/mol. The van der Waals surface area contributed by atoms with E-state index in [1.54, 1.807) is 6.92 Å². The molecule has 0 aliphatic heterocycles. The first kappa shape index (κ1) is 7.86. The zero-order valence-electron chi connectivity index (χ0n) is 5.91. The Labute approximate surface area is 57.0 Å². The second kappa shape index (κ2) is 5.01. The van der Waals surface area contributed by atoms with Gasteiger partial charge < -0.3 is 0 Å². The summed E-state index contributed by atoms with van der Waals surface area (Å²) in [6, 6.07) is 0. The van der Waals surface area contributed by atoms with Crippen LogP contribution in [-0.2, 0) is 0 Å². The van der Waals surface area contributed by atoms with Crippen LogP contribution >= 0.6 is 0 Å². The molecule has 0 atom stereocenters. The van der Waals surface area contributed by atoms with Crippen LogP contribution in [-0.4, -0.2) is 0 Å². The van der Waals surface area contributed by atoms with Gasteiger partial charge in [0, 0.05) is 6.42 Å². The molecule has 0 N–H and O–H groups in total. The molecule has 0 aliphatic rings. The maximum Gasteiger partial charge on any atom is 0.0304 e. The Balaban J connectivity index is 3.59. The van der Waals surface area contributed by atoms with Crippen molar-refractivity contribution in [1.29, 1.82) is 0 Å². The molecule has 0 aliphatic carbocycles. The van der Waals surface area contributed by atoms with E-state index in [9.17, 15) is 0 Å². The first-order chi connectivity index (χ1) is 4.27. The molecule has 0 aromatic carbocycles. The molecule has 0 saturated heterocycles. The summed E-state index contributed by atoms with van der Waals surface area (Å²) in [6.45, 7) is 7.43. The van der Waals surface area contributed by atoms with E-state index < -0.39 is 0 Å². The SMILES string of the molecule is C=C(C)CC#CC#CC. The van der Waals surface area contributed by atoms with Crippen molar-refractivity contribution in [3.8, 4) is 23.7 Å². The molecule has 0 fully saturated rings. The lowest BCUT2D eigenvalue weighted by Crippen LogP contribution is -1.65. The Kier molecular flexibility index (Phi) is 4.37. The van der Waals surface area contributed by atoms with Crippen LogP contribution in [0.15, 0.2) is 12.2 Å². The number of allylic oxidation sites excluding steroid dienone is 1. The van der Waals surface area contributed by atoms with Crippen LogP contribution in [0.1, 0.15) is 20.3 Å². The predicted octanol–water partition coefficient (Wildman–Crippen LogP) is 1.98. The molecule has 0 bridgehead atoms. The fourth-order valence-corrected chi connectivity index (χ4v) is 0.302. The molecule has 0 unspecified atom stereocenters. The minimum absolute atomic E-state index is 0.759. The summed E-state index contributed by atoms with van der Waals surface area (Å²) < 4.78 is 0. The minimum Gasteiger partial charge on any atom is -0.0992 e. The van der Waals surface area contributed by atoms with Crippen LogP contribution < -0.4 is 0 Å². The third-order valence-electron chi connectivity index (χ3n) is 0.666. The minimum atomic E-state index is 0.759. The highest BCUT2D eigenvalue weighted by Gasteiger charge is 1.74. The third kappa shape index (κ3) is 6.86. The van der Waals surface area contributed by atoms with Gasteiger partial charge in [0.25, 0.3) is 0 Å². The molecule has 0 spiro atoms. The summed E-state index contributed by atoms with van der Waals surface area (Å²) in [5, 5.41) is 0. The molecule has 46 valence electrons. The molecule has 0 aromatic rings. The zero-order chi connectivity index (χ0) is 7.11. The zero-order valence-corrected chi connectivity index (χ0v) is 5.91. The van der Waals surface area contributed by atoms with Gasteiger partial charge >= 0.3 is 0 Å². The standard InChI is InChI=1S/C9H10/c1-4-5-6-7-8-9(2)3/h2,8H2,1,3H3. The van der Waals surface area contributed by atoms with Crippen LogP contribution in [0, 0.1) is 23.7 Å². The number of hydrogen-bond acceptors (Lipinski definition) is 0. The molecule has 0 radical (unpaired) electrons. The van der Waals surface area contributed by atoms with Gasteiger partial charge in [0.15, 0.2) is 0 Å². The molecule has 0 saturated carbocycles. The average molecular weight is 118 g/mol. The van der Waals surface area contributed by atoms with E-state index in [1.807, 2.05) is 6.92 Å². The average Bonchev–Trinajstić information content (AvgIpc) is 1.80. The van der Waals surface area contributed by atoms with Crippen LogP contribution in [0.5, 0.6) is 0 Å². The van der Waals surface area contributed by atoms with Crippen molar-refractivity contribution in [1.82, 2.24) is 0 Å². The second-order valence-electron chi connectivity index (χ2n) is 1.81. The molecule has 0 aromatic heterocycles. The van der Waals surface area contributed by atoms with Crippen LogP contribution in [0.3, 0.4) is 0 Å². The van der Waals surface area contributed by atoms with Crippen LogP contribution in [0.4, 0.5) is 0 Å². The Hall–Kier alpha value is -1.14. The van der Waals surface area contributed by atoms with E-state index in [0.29, 0.717) is 0 Å². The summed E-state index contributed by atoms with van der Waals surface area (Å²) in [6.07, 6.45) is 0.759. The van der Waals surface area contributed by atoms with Gasteiger partial charge in [-0.05, 0) is 25.7 Å². The van der Waals surface area contributed by atoms with Crippen LogP contribution in [0.2, 0.25) is 0 Å². The fraction of sp³-hybridized carbons (Fsp3) is 0.333. The molecule has 0 amide bonds. The fourth-order valence-electron chi connectivity index (χ4n) is 0.302. The van der Waals surface area contributed by atoms with E-state index in [2.05, 4.69) is 30.3 Å². The quantitative estimate of drug-likeness (QED) is 0.365. The van der Waals surface area contributed by atoms with Crippen molar-refractivity contribution in [3.05, 3.63) is 12.2 Å². The molecule has 0 heteroatoms. The molecule has 9 heavy (non-hydrogen) atoms. The van der Waals surface area contributed by atoms with Gasteiger partial charge in [-0.2, -0.15) is 0 Å². The maximum atomic E-state index is 3.70. The highest BCUT2D eigenvalue weighted by atomic mass is 13.8. The van der Waals surface area contributed by atoms with Gasteiger partial charge in [0.1, 0.15) is 0 Å². The van der Waals surface area contributed by atoms with Gasteiger partial charge in [-0.1, -0.05) is 24.0 Å². The van der Waals surface area contributed by atoms with E-state index in [4.69, 9.17) is 0 Å². The van der Waals surface area contributed by atoms with Gasteiger partial charge in [-0.3, -0.25) is 0 Å². The van der Waals surface area contributed by atoms with Crippen LogP contribution in [0.25, 0.3) is 0 Å². The highest BCUT2D eigenvalue weighted by molar-refractivity contribution is 5.26. The Morgan fingerprint density at radius 1 is 1.44 bits per heavy atom. The summed E-state index contributed by atoms with van der Waals surface area (Å²) in [4.78, 5) is 0. The smallest absolute Gasteiger partial charge is 0.0304 e. The van der Waals surface area contributed by atoms with E-state index in [1.165, 1.54) is 0 Å². The van der Waals surface area contributed by atoms with Crippen molar-refractivity contribution in [2.24, 2.45) is 0 Å². The van der Waals surface area contributed by atoms with Gasteiger partial charge in [-0.25, -0.2) is 0 Å². The van der Waals surface area contributed by atoms with Gasteiger partial charge in [0.05, 0.1) is 0 Å². The lowest BCUT2D eigenvalue weighted by atomic mass is 10.2. The van der Waals surface area contributed by atoms with E-state index in [0.717, 1.165) is 12.0 Å². The molecule has 0 rings (SSSR count). The topological polar surface area (TPSA) is 0 Å². The molecular weight excluding hydrogens is 108 g/mol. The Morgan fingerprint density at radius 3 is 2.56 bits per heavy atom. The number of rotatable bonds is 1. The lowest BCUT2D eigenvalue weighted by molar-refractivity contribution is 1.27. The van der Waals surface area contributed by atoms with Crippen molar-refractivity contribution in [2.75, 3.05) is 0 Å². The van der Waals surface area contributed by atoms with E-state index >= 15 is 0 Å². The normalized spacial score (nSPS) is 6.00. The van der Waals surface area contributed by atoms with Crippen molar-refractivity contribution in [2.45, 2.75) is 20.3 Å². The third-order valence-corrected chi connectivity index (χ3v) is 0.666. The van der Waals surface area contributed by atoms with Crippen molar-refractivity contribution >= 4 is 0 Å². The van der Waals surface area contributed by atoms with Gasteiger partial charge in [0.2, 0.25) is 0 Å². The van der Waals surface area contributed by atoms with Gasteiger partial charge in [-0.15, -0.1) is 0 Å². The lowest BCUT2D eigenvalue weighted by Gasteiger charge is -1.81. The second-order valence-corrected chi connectivity index (χ2v) is 1.81. The molecular formula is C9H10. The first-order valence-electron chi connectivity index (χ1n) is 2.81. The van der Waals surface area contributed by atoms with Crippen molar-refractivity contribution in [3.63, 3.8) is 0 Å². The summed E-state index contributed by atoms with van der Waals surface area (Å²) in [7, 11) is 0. The largest absolute Gasteiger partial charge is 0.0992 e. The van der Waals surface area contributed by atoms with E-state index in [-0.39, 0.29) is 0 Å². The molecule has 0 nitrogen and oxygen atoms in total. The first-order valence-corrected chi connectivity index (χ1v) is 2.81. The summed E-state index contributed by atoms with van der Waals surface area (Å²) >= 11 is 0. The Bertz CT molecular complexity index is 200. The molecule has 0 heterocycles. The number of hydrogen-bond donors (Lipinski definition) is 0. The predicted molar refractivity (Wildman–Crippen MR) is 40.7 cm³/mol. The Morgan fingerprint density at radius 2 is 2.11 bits per heavy atom. The highest BCUT2D eigenvalue weighted by Crippen LogP contribution is 1.90. The summed E-state index contributed by atoms with van der Waals surface area (Å²) in [5.74, 6) is 10.9. The van der Waals surface area contributed by atoms with Crippen molar-refractivity contribution < 1.29 is 0 Å². The summed E-state index contributed by atoms with van der Waals surface area (Å²) in [5.41, 5.74) is 1.08.